The first-order valence-electron chi connectivity index (χ1n) is 6.79. The minimum atomic E-state index is 0.708. The van der Waals surface area contributed by atoms with Gasteiger partial charge in [0.2, 0.25) is 0 Å². The first-order chi connectivity index (χ1) is 8.36. The standard InChI is InChI=1S/C13H21N3S/c1-2-6-16(13-14-5-7-17-13)12-8-10-3-4-11(9-12)15-10/h5,7,10-12,15H,2-4,6,8-9H2,1H3. The molecule has 3 nitrogen and oxygen atoms in total. The van der Waals surface area contributed by atoms with E-state index in [0.29, 0.717) is 6.04 Å². The van der Waals surface area contributed by atoms with E-state index in [9.17, 15) is 0 Å². The average Bonchev–Trinajstić information content (AvgIpc) is 2.96. The van der Waals surface area contributed by atoms with Crippen molar-refractivity contribution >= 4 is 16.5 Å². The fraction of sp³-hybridized carbons (Fsp3) is 0.769. The van der Waals surface area contributed by atoms with Gasteiger partial charge >= 0.3 is 0 Å². The first kappa shape index (κ1) is 11.5. The summed E-state index contributed by atoms with van der Waals surface area (Å²) < 4.78 is 0. The second-order valence-electron chi connectivity index (χ2n) is 5.27. The second-order valence-corrected chi connectivity index (χ2v) is 6.14. The summed E-state index contributed by atoms with van der Waals surface area (Å²) in [6.07, 6.45) is 8.49. The fourth-order valence-corrected chi connectivity index (χ4v) is 4.06. The number of hydrogen-bond donors (Lipinski definition) is 1. The van der Waals surface area contributed by atoms with E-state index in [0.717, 1.165) is 18.6 Å². The molecule has 2 aliphatic heterocycles. The molecule has 0 spiro atoms. The Labute approximate surface area is 107 Å². The molecule has 0 aromatic carbocycles. The van der Waals surface area contributed by atoms with Crippen molar-refractivity contribution in [2.24, 2.45) is 0 Å². The zero-order chi connectivity index (χ0) is 11.7. The van der Waals surface area contributed by atoms with Crippen LogP contribution in [-0.2, 0) is 0 Å². The predicted octanol–water partition coefficient (Wildman–Crippen LogP) is 2.64. The van der Waals surface area contributed by atoms with E-state index in [1.807, 2.05) is 6.20 Å². The topological polar surface area (TPSA) is 28.2 Å². The highest BCUT2D eigenvalue weighted by Crippen LogP contribution is 2.32. The molecule has 17 heavy (non-hydrogen) atoms. The van der Waals surface area contributed by atoms with E-state index in [4.69, 9.17) is 0 Å². The number of rotatable bonds is 4. The van der Waals surface area contributed by atoms with Crippen LogP contribution in [0, 0.1) is 0 Å². The molecule has 0 saturated carbocycles. The number of piperidine rings is 1. The molecule has 3 rings (SSSR count). The molecular formula is C13H21N3S. The molecule has 2 unspecified atom stereocenters. The molecule has 1 aromatic heterocycles. The Bertz CT molecular complexity index is 340. The lowest BCUT2D eigenvalue weighted by Crippen LogP contribution is -2.48. The van der Waals surface area contributed by atoms with Crippen molar-refractivity contribution in [2.45, 2.75) is 57.2 Å². The van der Waals surface area contributed by atoms with Gasteiger partial charge in [0.15, 0.2) is 5.13 Å². The smallest absolute Gasteiger partial charge is 0.185 e. The zero-order valence-electron chi connectivity index (χ0n) is 10.4. The van der Waals surface area contributed by atoms with Crippen LogP contribution in [0.5, 0.6) is 0 Å². The van der Waals surface area contributed by atoms with Gasteiger partial charge in [-0.15, -0.1) is 11.3 Å². The zero-order valence-corrected chi connectivity index (χ0v) is 11.2. The summed E-state index contributed by atoms with van der Waals surface area (Å²) in [6, 6.07) is 2.23. The van der Waals surface area contributed by atoms with Gasteiger partial charge < -0.3 is 10.2 Å². The van der Waals surface area contributed by atoms with Crippen molar-refractivity contribution in [3.05, 3.63) is 11.6 Å². The Balaban J connectivity index is 1.75. The Hall–Kier alpha value is -0.610. The van der Waals surface area contributed by atoms with E-state index in [2.05, 4.69) is 27.5 Å². The molecule has 0 aliphatic carbocycles. The summed E-state index contributed by atoms with van der Waals surface area (Å²) in [5.41, 5.74) is 0. The van der Waals surface area contributed by atoms with E-state index in [1.165, 1.54) is 37.2 Å². The number of nitrogens with one attached hydrogen (secondary N) is 1. The summed E-state index contributed by atoms with van der Waals surface area (Å²) in [7, 11) is 0. The maximum absolute atomic E-state index is 4.50. The SMILES string of the molecule is CCCN(c1nccs1)C1CC2CCC(C1)N2. The molecule has 0 radical (unpaired) electrons. The van der Waals surface area contributed by atoms with Gasteiger partial charge in [0.25, 0.3) is 0 Å². The summed E-state index contributed by atoms with van der Waals surface area (Å²) in [4.78, 5) is 7.06. The minimum Gasteiger partial charge on any atom is -0.345 e. The molecule has 2 aliphatic rings. The van der Waals surface area contributed by atoms with Gasteiger partial charge in [-0.05, 0) is 32.1 Å². The quantitative estimate of drug-likeness (QED) is 0.891. The molecule has 3 heterocycles. The van der Waals surface area contributed by atoms with E-state index in [1.54, 1.807) is 11.3 Å². The predicted molar refractivity (Wildman–Crippen MR) is 72.7 cm³/mol. The van der Waals surface area contributed by atoms with Crippen LogP contribution in [0.15, 0.2) is 11.6 Å². The van der Waals surface area contributed by atoms with E-state index >= 15 is 0 Å². The third-order valence-corrected chi connectivity index (χ3v) is 4.83. The molecule has 2 fully saturated rings. The summed E-state index contributed by atoms with van der Waals surface area (Å²) >= 11 is 1.78. The van der Waals surface area contributed by atoms with Crippen molar-refractivity contribution in [3.8, 4) is 0 Å². The van der Waals surface area contributed by atoms with Crippen LogP contribution in [0.3, 0.4) is 0 Å². The normalized spacial score (nSPS) is 31.7. The van der Waals surface area contributed by atoms with E-state index in [-0.39, 0.29) is 0 Å². The summed E-state index contributed by atoms with van der Waals surface area (Å²) in [5.74, 6) is 0. The lowest BCUT2D eigenvalue weighted by molar-refractivity contribution is 0.346. The lowest BCUT2D eigenvalue weighted by Gasteiger charge is -2.37. The highest BCUT2D eigenvalue weighted by Gasteiger charge is 2.36. The average molecular weight is 251 g/mol. The number of thiazole rings is 1. The van der Waals surface area contributed by atoms with Crippen molar-refractivity contribution in [1.82, 2.24) is 10.3 Å². The Morgan fingerprint density at radius 3 is 2.76 bits per heavy atom. The molecule has 2 atom stereocenters. The van der Waals surface area contributed by atoms with Crippen molar-refractivity contribution < 1.29 is 0 Å². The van der Waals surface area contributed by atoms with Gasteiger partial charge in [-0.1, -0.05) is 6.92 Å². The highest BCUT2D eigenvalue weighted by atomic mass is 32.1. The Morgan fingerprint density at radius 2 is 2.18 bits per heavy atom. The van der Waals surface area contributed by atoms with Crippen LogP contribution < -0.4 is 10.2 Å². The van der Waals surface area contributed by atoms with Crippen molar-refractivity contribution in [3.63, 3.8) is 0 Å². The Morgan fingerprint density at radius 1 is 1.41 bits per heavy atom. The molecule has 2 bridgehead atoms. The summed E-state index contributed by atoms with van der Waals surface area (Å²) in [5, 5.41) is 7.03. The van der Waals surface area contributed by atoms with Crippen LogP contribution in [0.25, 0.3) is 0 Å². The van der Waals surface area contributed by atoms with Crippen LogP contribution in [0.2, 0.25) is 0 Å². The van der Waals surface area contributed by atoms with Crippen LogP contribution in [0.1, 0.15) is 39.0 Å². The number of hydrogen-bond acceptors (Lipinski definition) is 4. The lowest BCUT2D eigenvalue weighted by atomic mass is 9.98. The minimum absolute atomic E-state index is 0.708. The van der Waals surface area contributed by atoms with Gasteiger partial charge in [-0.2, -0.15) is 0 Å². The van der Waals surface area contributed by atoms with Crippen LogP contribution >= 0.6 is 11.3 Å². The molecule has 1 aromatic rings. The van der Waals surface area contributed by atoms with Gasteiger partial charge in [0.05, 0.1) is 0 Å². The maximum Gasteiger partial charge on any atom is 0.185 e. The van der Waals surface area contributed by atoms with E-state index < -0.39 is 0 Å². The molecular weight excluding hydrogens is 230 g/mol. The molecule has 4 heteroatoms. The molecule has 1 N–H and O–H groups in total. The number of aromatic nitrogens is 1. The maximum atomic E-state index is 4.50. The molecule has 0 amide bonds. The third-order valence-electron chi connectivity index (χ3n) is 4.02. The molecule has 94 valence electrons. The monoisotopic (exact) mass is 251 g/mol. The highest BCUT2D eigenvalue weighted by molar-refractivity contribution is 7.13. The first-order valence-corrected chi connectivity index (χ1v) is 7.67. The number of fused-ring (bicyclic) bond motifs is 2. The van der Waals surface area contributed by atoms with Gasteiger partial charge in [-0.25, -0.2) is 4.98 Å². The summed E-state index contributed by atoms with van der Waals surface area (Å²) in [6.45, 7) is 3.41. The Kier molecular flexibility index (Phi) is 3.34. The number of anilines is 1. The largest absolute Gasteiger partial charge is 0.345 e. The number of nitrogens with zero attached hydrogens (tertiary/aromatic N) is 2. The second kappa shape index (κ2) is 4.94. The fourth-order valence-electron chi connectivity index (χ4n) is 3.31. The van der Waals surface area contributed by atoms with Crippen LogP contribution in [-0.4, -0.2) is 29.7 Å². The van der Waals surface area contributed by atoms with Gasteiger partial charge in [0.1, 0.15) is 0 Å². The van der Waals surface area contributed by atoms with Gasteiger partial charge in [0, 0.05) is 36.2 Å². The molecule has 2 saturated heterocycles. The third kappa shape index (κ3) is 2.33. The van der Waals surface area contributed by atoms with Crippen molar-refractivity contribution in [2.75, 3.05) is 11.4 Å². The van der Waals surface area contributed by atoms with Crippen molar-refractivity contribution in [1.29, 1.82) is 0 Å². The van der Waals surface area contributed by atoms with Gasteiger partial charge in [-0.3, -0.25) is 0 Å². The van der Waals surface area contributed by atoms with Crippen LogP contribution in [0.4, 0.5) is 5.13 Å².